The van der Waals surface area contributed by atoms with Gasteiger partial charge < -0.3 is 10.2 Å². The van der Waals surface area contributed by atoms with Gasteiger partial charge in [-0.1, -0.05) is 11.3 Å². The largest absolute Gasteiger partial charge is 0.338 e. The van der Waals surface area contributed by atoms with Crippen LogP contribution in [0.15, 0.2) is 24.3 Å². The monoisotopic (exact) mass is 468 g/mol. The molecule has 8 heteroatoms. The van der Waals surface area contributed by atoms with Crippen molar-refractivity contribution in [3.63, 3.8) is 0 Å². The predicted molar refractivity (Wildman–Crippen MR) is 123 cm³/mol. The van der Waals surface area contributed by atoms with Gasteiger partial charge in [0.05, 0.1) is 5.92 Å². The summed E-state index contributed by atoms with van der Waals surface area (Å²) in [5.74, 6) is 1.61. The smallest absolute Gasteiger partial charge is 0.253 e. The van der Waals surface area contributed by atoms with Gasteiger partial charge in [0.25, 0.3) is 5.91 Å². The molecule has 6 nitrogen and oxygen atoms in total. The second-order valence-corrected chi connectivity index (χ2v) is 11.7. The maximum absolute atomic E-state index is 13.2. The molecule has 2 heterocycles. The van der Waals surface area contributed by atoms with Crippen LogP contribution < -0.4 is 5.32 Å². The van der Waals surface area contributed by atoms with Gasteiger partial charge in [-0.25, -0.2) is 4.39 Å². The van der Waals surface area contributed by atoms with Crippen molar-refractivity contribution in [2.75, 3.05) is 18.4 Å². The number of amides is 2. The third-order valence-corrected chi connectivity index (χ3v) is 9.40. The Morgan fingerprint density at radius 2 is 1.70 bits per heavy atom. The summed E-state index contributed by atoms with van der Waals surface area (Å²) >= 11 is 1.55. The molecule has 1 saturated heterocycles. The first kappa shape index (κ1) is 21.2. The lowest BCUT2D eigenvalue weighted by atomic mass is 9.50. The van der Waals surface area contributed by atoms with Crippen LogP contribution in [0.4, 0.5) is 9.52 Å². The molecule has 4 bridgehead atoms. The van der Waals surface area contributed by atoms with Crippen molar-refractivity contribution >= 4 is 28.3 Å². The molecule has 2 aromatic rings. The third kappa shape index (κ3) is 3.96. The molecule has 33 heavy (non-hydrogen) atoms. The Bertz CT molecular complexity index is 1030. The summed E-state index contributed by atoms with van der Waals surface area (Å²) in [6.07, 6.45) is 9.34. The number of hydrogen-bond donors (Lipinski definition) is 1. The number of carbonyl (C=O) groups is 2. The molecule has 1 N–H and O–H groups in total. The molecule has 7 rings (SSSR count). The Hall–Kier alpha value is -2.35. The zero-order valence-corrected chi connectivity index (χ0v) is 19.5. The van der Waals surface area contributed by atoms with Crippen molar-refractivity contribution in [3.05, 3.63) is 40.7 Å². The van der Waals surface area contributed by atoms with E-state index in [1.807, 2.05) is 0 Å². The van der Waals surface area contributed by atoms with E-state index in [1.54, 1.807) is 16.2 Å². The van der Waals surface area contributed by atoms with E-state index in [4.69, 9.17) is 0 Å². The minimum atomic E-state index is -0.368. The normalized spacial score (nSPS) is 32.7. The molecule has 0 spiro atoms. The minimum absolute atomic E-state index is 0.0974. The van der Waals surface area contributed by atoms with Crippen LogP contribution in [0, 0.1) is 29.5 Å². The molecule has 1 atom stereocenters. The Balaban J connectivity index is 1.11. The highest BCUT2D eigenvalue weighted by Crippen LogP contribution is 2.61. The highest BCUT2D eigenvalue weighted by Gasteiger charge is 2.53. The summed E-state index contributed by atoms with van der Waals surface area (Å²) < 4.78 is 13.2. The Morgan fingerprint density at radius 1 is 1.03 bits per heavy atom. The summed E-state index contributed by atoms with van der Waals surface area (Å²) in [5.41, 5.74) is 0.625. The molecule has 1 aromatic carbocycles. The van der Waals surface area contributed by atoms with E-state index < -0.39 is 0 Å². The minimum Gasteiger partial charge on any atom is -0.338 e. The molecule has 1 aliphatic heterocycles. The molecule has 1 unspecified atom stereocenters. The summed E-state index contributed by atoms with van der Waals surface area (Å²) in [6, 6.07) is 5.57. The lowest BCUT2D eigenvalue weighted by molar-refractivity contribution is -0.121. The van der Waals surface area contributed by atoms with Gasteiger partial charge >= 0.3 is 0 Å². The number of hydrogen-bond acceptors (Lipinski definition) is 5. The van der Waals surface area contributed by atoms with E-state index in [2.05, 4.69) is 15.5 Å². The van der Waals surface area contributed by atoms with E-state index >= 15 is 0 Å². The predicted octanol–water partition coefficient (Wildman–Crippen LogP) is 4.64. The van der Waals surface area contributed by atoms with Crippen LogP contribution in [0.3, 0.4) is 0 Å². The first-order valence-electron chi connectivity index (χ1n) is 12.2. The molecule has 4 aliphatic carbocycles. The van der Waals surface area contributed by atoms with Gasteiger partial charge in [-0.15, -0.1) is 10.2 Å². The van der Waals surface area contributed by atoms with Crippen LogP contribution in [0.5, 0.6) is 0 Å². The average Bonchev–Trinajstić information content (AvgIpc) is 3.28. The average molecular weight is 469 g/mol. The number of likely N-dealkylation sites (tertiary alicyclic amines) is 1. The highest BCUT2D eigenvalue weighted by atomic mass is 32.1. The van der Waals surface area contributed by atoms with E-state index in [9.17, 15) is 14.0 Å². The van der Waals surface area contributed by atoms with Crippen LogP contribution in [0.25, 0.3) is 0 Å². The number of aromatic nitrogens is 2. The van der Waals surface area contributed by atoms with Gasteiger partial charge in [-0.2, -0.15) is 0 Å². The molecule has 5 fully saturated rings. The molecule has 1 aromatic heterocycles. The molecular weight excluding hydrogens is 439 g/mol. The lowest BCUT2D eigenvalue weighted by Crippen LogP contribution is -2.48. The van der Waals surface area contributed by atoms with Crippen molar-refractivity contribution in [1.29, 1.82) is 0 Å². The number of halogens is 1. The Labute approximate surface area is 197 Å². The zero-order chi connectivity index (χ0) is 22.6. The molecule has 174 valence electrons. The summed E-state index contributed by atoms with van der Waals surface area (Å²) in [5, 5.41) is 13.6. The molecule has 4 saturated carbocycles. The standard InChI is InChI=1S/C25H29FN4O2S/c26-20-5-3-18(4-6-20)22(32)30-7-1-2-19(14-30)21(31)27-24-29-28-23(33-24)25-11-15-8-16(12-25)10-17(9-15)13-25/h3-6,15-17,19H,1-2,7-14H2,(H,27,29,31). The number of piperidine rings is 1. The van der Waals surface area contributed by atoms with Crippen molar-refractivity contribution in [1.82, 2.24) is 15.1 Å². The second-order valence-electron chi connectivity index (χ2n) is 10.7. The molecule has 5 aliphatic rings. The van der Waals surface area contributed by atoms with Crippen LogP contribution in [0.1, 0.15) is 66.7 Å². The van der Waals surface area contributed by atoms with E-state index in [0.717, 1.165) is 35.6 Å². The van der Waals surface area contributed by atoms with Crippen molar-refractivity contribution < 1.29 is 14.0 Å². The Kier molecular flexibility index (Phi) is 5.24. The number of carbonyl (C=O) groups excluding carboxylic acids is 2. The number of nitrogens with zero attached hydrogens (tertiary/aromatic N) is 3. The van der Waals surface area contributed by atoms with Crippen molar-refractivity contribution in [2.24, 2.45) is 23.7 Å². The second kappa shape index (κ2) is 8.15. The zero-order valence-electron chi connectivity index (χ0n) is 18.6. The first-order valence-corrected chi connectivity index (χ1v) is 13.0. The summed E-state index contributed by atoms with van der Waals surface area (Å²) in [6.45, 7) is 0.970. The fourth-order valence-corrected chi connectivity index (χ4v) is 8.18. The van der Waals surface area contributed by atoms with Crippen LogP contribution in [-0.2, 0) is 10.2 Å². The maximum Gasteiger partial charge on any atom is 0.253 e. The number of anilines is 1. The maximum atomic E-state index is 13.2. The van der Waals surface area contributed by atoms with Gasteiger partial charge in [0, 0.05) is 24.1 Å². The summed E-state index contributed by atoms with van der Waals surface area (Å²) in [7, 11) is 0. The topological polar surface area (TPSA) is 75.2 Å². The third-order valence-electron chi connectivity index (χ3n) is 8.32. The number of nitrogens with one attached hydrogen (secondary N) is 1. The van der Waals surface area contributed by atoms with Gasteiger partial charge in [-0.05, 0) is 93.4 Å². The molecular formula is C25H29FN4O2S. The SMILES string of the molecule is O=C(Nc1nnc(C23CC4CC(CC(C4)C2)C3)s1)C1CCCN(C(=O)c2ccc(F)cc2)C1. The van der Waals surface area contributed by atoms with Crippen LogP contribution in [0.2, 0.25) is 0 Å². The van der Waals surface area contributed by atoms with E-state index in [1.165, 1.54) is 62.8 Å². The molecule has 2 amide bonds. The fraction of sp³-hybridized carbons (Fsp3) is 0.600. The number of benzene rings is 1. The van der Waals surface area contributed by atoms with Crippen LogP contribution in [-0.4, -0.2) is 40.0 Å². The van der Waals surface area contributed by atoms with Gasteiger partial charge in [0.2, 0.25) is 11.0 Å². The number of rotatable bonds is 4. The fourth-order valence-electron chi connectivity index (χ4n) is 7.22. The summed E-state index contributed by atoms with van der Waals surface area (Å²) in [4.78, 5) is 27.5. The van der Waals surface area contributed by atoms with Crippen molar-refractivity contribution in [2.45, 2.75) is 56.8 Å². The van der Waals surface area contributed by atoms with Crippen LogP contribution >= 0.6 is 11.3 Å². The lowest BCUT2D eigenvalue weighted by Gasteiger charge is -2.55. The van der Waals surface area contributed by atoms with Gasteiger partial charge in [-0.3, -0.25) is 9.59 Å². The highest BCUT2D eigenvalue weighted by molar-refractivity contribution is 7.15. The van der Waals surface area contributed by atoms with E-state index in [-0.39, 0.29) is 29.0 Å². The Morgan fingerprint density at radius 3 is 2.36 bits per heavy atom. The van der Waals surface area contributed by atoms with Gasteiger partial charge in [0.15, 0.2) is 0 Å². The van der Waals surface area contributed by atoms with E-state index in [0.29, 0.717) is 23.8 Å². The quantitative estimate of drug-likeness (QED) is 0.710. The molecule has 0 radical (unpaired) electrons. The van der Waals surface area contributed by atoms with Gasteiger partial charge in [0.1, 0.15) is 10.8 Å². The first-order chi connectivity index (χ1) is 16.0. The van der Waals surface area contributed by atoms with Crippen molar-refractivity contribution in [3.8, 4) is 0 Å².